The van der Waals surface area contributed by atoms with Crippen LogP contribution >= 0.6 is 0 Å². The third-order valence-corrected chi connectivity index (χ3v) is 2.33. The first-order valence-corrected chi connectivity index (χ1v) is 5.76. The zero-order valence-corrected chi connectivity index (χ0v) is 9.89. The van der Waals surface area contributed by atoms with Crippen LogP contribution in [0.2, 0.25) is 0 Å². The molecule has 0 aliphatic heterocycles. The Morgan fingerprint density at radius 3 is 2.65 bits per heavy atom. The molecule has 88 valence electrons. The molecule has 1 aromatic heterocycles. The molecule has 2 rings (SSSR count). The van der Waals surface area contributed by atoms with Crippen molar-refractivity contribution >= 4 is 5.82 Å². The van der Waals surface area contributed by atoms with Gasteiger partial charge in [-0.05, 0) is 18.6 Å². The maximum Gasteiger partial charge on any atom is 0.215 e. The van der Waals surface area contributed by atoms with Crippen LogP contribution in [0.15, 0.2) is 48.5 Å². The molecule has 3 heteroatoms. The smallest absolute Gasteiger partial charge is 0.215 e. The second kappa shape index (κ2) is 5.89. The van der Waals surface area contributed by atoms with Gasteiger partial charge in [-0.2, -0.15) is 4.98 Å². The number of pyridine rings is 1. The molecule has 0 amide bonds. The summed E-state index contributed by atoms with van der Waals surface area (Å²) >= 11 is 0. The van der Waals surface area contributed by atoms with Crippen LogP contribution in [0.5, 0.6) is 5.88 Å². The molecular formula is C14H16N2O. The summed E-state index contributed by atoms with van der Waals surface area (Å²) in [6, 6.07) is 16.0. The number of nitrogens with one attached hydrogen (secondary N) is 1. The van der Waals surface area contributed by atoms with Gasteiger partial charge in [0, 0.05) is 12.6 Å². The lowest BCUT2D eigenvalue weighted by Gasteiger charge is -2.07. The zero-order chi connectivity index (χ0) is 11.9. The first-order chi connectivity index (χ1) is 8.38. The Bertz CT molecular complexity index is 457. The molecule has 0 aliphatic rings. The lowest BCUT2D eigenvalue weighted by Crippen LogP contribution is -2.02. The summed E-state index contributed by atoms with van der Waals surface area (Å²) in [5, 5.41) is 3.27. The van der Waals surface area contributed by atoms with Crippen LogP contribution in [0.25, 0.3) is 0 Å². The van der Waals surface area contributed by atoms with Gasteiger partial charge in [0.05, 0.1) is 6.61 Å². The summed E-state index contributed by atoms with van der Waals surface area (Å²) in [4.78, 5) is 4.34. The fourth-order valence-corrected chi connectivity index (χ4v) is 1.53. The molecule has 0 aliphatic carbocycles. The number of ether oxygens (including phenoxy) is 1. The van der Waals surface area contributed by atoms with Crippen molar-refractivity contribution in [3.05, 3.63) is 54.1 Å². The number of benzene rings is 1. The van der Waals surface area contributed by atoms with Gasteiger partial charge in [-0.3, -0.25) is 0 Å². The summed E-state index contributed by atoms with van der Waals surface area (Å²) in [5.41, 5.74) is 1.23. The molecule has 0 radical (unpaired) electrons. The van der Waals surface area contributed by atoms with Crippen LogP contribution < -0.4 is 10.1 Å². The number of anilines is 1. The van der Waals surface area contributed by atoms with Crippen molar-refractivity contribution in [1.82, 2.24) is 4.98 Å². The molecule has 17 heavy (non-hydrogen) atoms. The van der Waals surface area contributed by atoms with E-state index < -0.39 is 0 Å². The highest BCUT2D eigenvalue weighted by Gasteiger charge is 1.97. The highest BCUT2D eigenvalue weighted by Crippen LogP contribution is 2.12. The number of rotatable bonds is 5. The van der Waals surface area contributed by atoms with Gasteiger partial charge in [-0.25, -0.2) is 0 Å². The molecule has 0 saturated carbocycles. The van der Waals surface area contributed by atoms with Gasteiger partial charge >= 0.3 is 0 Å². The van der Waals surface area contributed by atoms with Crippen LogP contribution in [0.1, 0.15) is 12.5 Å². The zero-order valence-electron chi connectivity index (χ0n) is 9.89. The van der Waals surface area contributed by atoms with E-state index >= 15 is 0 Å². The molecule has 0 unspecified atom stereocenters. The van der Waals surface area contributed by atoms with E-state index in [9.17, 15) is 0 Å². The summed E-state index contributed by atoms with van der Waals surface area (Å²) in [7, 11) is 0. The van der Waals surface area contributed by atoms with E-state index in [0.29, 0.717) is 12.5 Å². The SMILES string of the molecule is CCOc1cccc(NCc2ccccc2)n1. The highest BCUT2D eigenvalue weighted by molar-refractivity contribution is 5.38. The number of nitrogens with zero attached hydrogens (tertiary/aromatic N) is 1. The van der Waals surface area contributed by atoms with Gasteiger partial charge in [-0.15, -0.1) is 0 Å². The molecule has 3 nitrogen and oxygen atoms in total. The molecule has 0 bridgehead atoms. The van der Waals surface area contributed by atoms with Crippen LogP contribution in [0, 0.1) is 0 Å². The van der Waals surface area contributed by atoms with E-state index in [1.54, 1.807) is 0 Å². The second-order valence-corrected chi connectivity index (χ2v) is 3.63. The molecular weight excluding hydrogens is 212 g/mol. The Kier molecular flexibility index (Phi) is 3.97. The fourth-order valence-electron chi connectivity index (χ4n) is 1.53. The van der Waals surface area contributed by atoms with Gasteiger partial charge in [0.15, 0.2) is 0 Å². The van der Waals surface area contributed by atoms with E-state index in [-0.39, 0.29) is 0 Å². The number of hydrogen-bond acceptors (Lipinski definition) is 3. The largest absolute Gasteiger partial charge is 0.478 e. The molecule has 1 aromatic carbocycles. The Hall–Kier alpha value is -2.03. The van der Waals surface area contributed by atoms with Gasteiger partial charge in [0.1, 0.15) is 5.82 Å². The van der Waals surface area contributed by atoms with Gasteiger partial charge < -0.3 is 10.1 Å². The second-order valence-electron chi connectivity index (χ2n) is 3.63. The van der Waals surface area contributed by atoms with Crippen molar-refractivity contribution in [2.75, 3.05) is 11.9 Å². The van der Waals surface area contributed by atoms with Crippen molar-refractivity contribution in [3.63, 3.8) is 0 Å². The third-order valence-electron chi connectivity index (χ3n) is 2.33. The summed E-state index contributed by atoms with van der Waals surface area (Å²) < 4.78 is 5.35. The van der Waals surface area contributed by atoms with Crippen molar-refractivity contribution in [2.24, 2.45) is 0 Å². The van der Waals surface area contributed by atoms with Crippen molar-refractivity contribution in [1.29, 1.82) is 0 Å². The predicted molar refractivity (Wildman–Crippen MR) is 69.2 cm³/mol. The quantitative estimate of drug-likeness (QED) is 0.853. The molecule has 1 N–H and O–H groups in total. The fraction of sp³-hybridized carbons (Fsp3) is 0.214. The first kappa shape index (κ1) is 11.5. The monoisotopic (exact) mass is 228 g/mol. The van der Waals surface area contributed by atoms with E-state index in [0.717, 1.165) is 12.4 Å². The maximum atomic E-state index is 5.35. The minimum Gasteiger partial charge on any atom is -0.478 e. The Labute approximate surface area is 101 Å². The van der Waals surface area contributed by atoms with Crippen LogP contribution in [0.3, 0.4) is 0 Å². The average molecular weight is 228 g/mol. The number of hydrogen-bond donors (Lipinski definition) is 1. The lowest BCUT2D eigenvalue weighted by atomic mass is 10.2. The maximum absolute atomic E-state index is 5.35. The topological polar surface area (TPSA) is 34.1 Å². The molecule has 2 aromatic rings. The normalized spacial score (nSPS) is 9.94. The highest BCUT2D eigenvalue weighted by atomic mass is 16.5. The predicted octanol–water partition coefficient (Wildman–Crippen LogP) is 3.09. The number of aromatic nitrogens is 1. The summed E-state index contributed by atoms with van der Waals surface area (Å²) in [6.07, 6.45) is 0. The molecule has 1 heterocycles. The van der Waals surface area contributed by atoms with Crippen molar-refractivity contribution < 1.29 is 4.74 Å². The summed E-state index contributed by atoms with van der Waals surface area (Å²) in [5.74, 6) is 1.49. The first-order valence-electron chi connectivity index (χ1n) is 5.76. The minimum atomic E-state index is 0.634. The Balaban J connectivity index is 1.97. The standard InChI is InChI=1S/C14H16N2O/c1-2-17-14-10-6-9-13(16-14)15-11-12-7-4-3-5-8-12/h3-10H,2,11H2,1H3,(H,15,16). The van der Waals surface area contributed by atoms with Crippen LogP contribution in [0.4, 0.5) is 5.82 Å². The molecule has 0 saturated heterocycles. The Morgan fingerprint density at radius 1 is 1.06 bits per heavy atom. The van der Waals surface area contributed by atoms with Gasteiger partial charge in [0.25, 0.3) is 0 Å². The summed E-state index contributed by atoms with van der Waals surface area (Å²) in [6.45, 7) is 3.35. The molecule has 0 atom stereocenters. The Morgan fingerprint density at radius 2 is 1.88 bits per heavy atom. The van der Waals surface area contributed by atoms with E-state index in [1.165, 1.54) is 5.56 Å². The van der Waals surface area contributed by atoms with Gasteiger partial charge in [0.2, 0.25) is 5.88 Å². The van der Waals surface area contributed by atoms with Crippen molar-refractivity contribution in [3.8, 4) is 5.88 Å². The van der Waals surface area contributed by atoms with E-state index in [2.05, 4.69) is 22.4 Å². The van der Waals surface area contributed by atoms with Crippen molar-refractivity contribution in [2.45, 2.75) is 13.5 Å². The van der Waals surface area contributed by atoms with Crippen LogP contribution in [-0.4, -0.2) is 11.6 Å². The van der Waals surface area contributed by atoms with E-state index in [1.807, 2.05) is 43.3 Å². The average Bonchev–Trinajstić information content (AvgIpc) is 2.39. The van der Waals surface area contributed by atoms with E-state index in [4.69, 9.17) is 4.74 Å². The molecule has 0 fully saturated rings. The van der Waals surface area contributed by atoms with Gasteiger partial charge in [-0.1, -0.05) is 36.4 Å². The third kappa shape index (κ3) is 3.48. The molecule has 0 spiro atoms. The minimum absolute atomic E-state index is 0.634. The van der Waals surface area contributed by atoms with Crippen LogP contribution in [-0.2, 0) is 6.54 Å². The lowest BCUT2D eigenvalue weighted by molar-refractivity contribution is 0.327.